The van der Waals surface area contributed by atoms with Gasteiger partial charge in [0.25, 0.3) is 0 Å². The fourth-order valence-electron chi connectivity index (χ4n) is 1.63. The second kappa shape index (κ2) is 5.95. The Morgan fingerprint density at radius 1 is 1.39 bits per heavy atom. The lowest BCUT2D eigenvalue weighted by Crippen LogP contribution is -2.06. The van der Waals surface area contributed by atoms with Crippen molar-refractivity contribution in [1.82, 2.24) is 19.7 Å². The van der Waals surface area contributed by atoms with Gasteiger partial charge in [0.05, 0.1) is 4.47 Å². The van der Waals surface area contributed by atoms with Gasteiger partial charge in [0, 0.05) is 25.5 Å². The van der Waals surface area contributed by atoms with Crippen LogP contribution < -0.4 is 5.32 Å². The molecule has 0 aliphatic carbocycles. The first-order valence-corrected chi connectivity index (χ1v) is 6.84. The second-order valence-corrected chi connectivity index (χ2v) is 4.70. The Kier molecular flexibility index (Phi) is 4.30. The molecule has 2 rings (SSSR count). The van der Waals surface area contributed by atoms with E-state index in [2.05, 4.69) is 43.2 Å². The maximum atomic E-state index is 4.53. The average molecular weight is 310 g/mol. The van der Waals surface area contributed by atoms with Gasteiger partial charge in [-0.15, -0.1) is 0 Å². The summed E-state index contributed by atoms with van der Waals surface area (Å²) in [6.45, 7) is 5.86. The smallest absolute Gasteiger partial charge is 0.179 e. The van der Waals surface area contributed by atoms with E-state index in [4.69, 9.17) is 0 Å². The normalized spacial score (nSPS) is 10.6. The lowest BCUT2D eigenvalue weighted by atomic mass is 10.4. The summed E-state index contributed by atoms with van der Waals surface area (Å²) < 4.78 is 2.76. The third-order valence-corrected chi connectivity index (χ3v) is 3.11. The number of aryl methyl sites for hydroxylation is 1. The molecule has 0 radical (unpaired) electrons. The van der Waals surface area contributed by atoms with Crippen molar-refractivity contribution in [2.24, 2.45) is 0 Å². The molecular weight excluding hydrogens is 294 g/mol. The van der Waals surface area contributed by atoms with E-state index in [0.717, 1.165) is 35.5 Å². The Morgan fingerprint density at radius 3 is 2.94 bits per heavy atom. The summed E-state index contributed by atoms with van der Waals surface area (Å²) in [6, 6.07) is 1.93. The van der Waals surface area contributed by atoms with Crippen LogP contribution in [0, 0.1) is 0 Å². The number of nitrogens with zero attached hydrogens (tertiary/aromatic N) is 4. The molecule has 0 amide bonds. The molecule has 0 aliphatic rings. The second-order valence-electron chi connectivity index (χ2n) is 3.85. The fourth-order valence-corrected chi connectivity index (χ4v) is 1.96. The Labute approximate surface area is 115 Å². The molecule has 18 heavy (non-hydrogen) atoms. The average Bonchev–Trinajstić information content (AvgIpc) is 2.86. The van der Waals surface area contributed by atoms with E-state index in [9.17, 15) is 0 Å². The molecular formula is C12H16BrN5. The van der Waals surface area contributed by atoms with Gasteiger partial charge >= 0.3 is 0 Å². The fraction of sp³-hybridized carbons (Fsp3) is 0.417. The minimum Gasteiger partial charge on any atom is -0.369 e. The zero-order valence-electron chi connectivity index (χ0n) is 10.5. The third-order valence-electron chi connectivity index (χ3n) is 2.53. The van der Waals surface area contributed by atoms with E-state index in [1.807, 2.05) is 17.7 Å². The molecule has 1 N–H and O–H groups in total. The molecule has 0 spiro atoms. The maximum absolute atomic E-state index is 4.53. The van der Waals surface area contributed by atoms with Gasteiger partial charge in [-0.05, 0) is 35.3 Å². The molecule has 0 aliphatic heterocycles. The monoisotopic (exact) mass is 309 g/mol. The van der Waals surface area contributed by atoms with E-state index >= 15 is 0 Å². The number of anilines is 1. The number of hydrogen-bond donors (Lipinski definition) is 1. The van der Waals surface area contributed by atoms with Crippen LogP contribution in [-0.4, -0.2) is 26.3 Å². The van der Waals surface area contributed by atoms with Gasteiger partial charge in [0.15, 0.2) is 5.82 Å². The van der Waals surface area contributed by atoms with Gasteiger partial charge in [-0.3, -0.25) is 4.68 Å². The lowest BCUT2D eigenvalue weighted by Gasteiger charge is -2.08. The van der Waals surface area contributed by atoms with Crippen molar-refractivity contribution in [2.75, 3.05) is 11.9 Å². The van der Waals surface area contributed by atoms with Crippen LogP contribution in [0.15, 0.2) is 22.9 Å². The van der Waals surface area contributed by atoms with Gasteiger partial charge in [-0.25, -0.2) is 9.97 Å². The Balaban J connectivity index is 2.34. The summed E-state index contributed by atoms with van der Waals surface area (Å²) in [5, 5.41) is 7.50. The van der Waals surface area contributed by atoms with Crippen molar-refractivity contribution in [3.05, 3.63) is 22.9 Å². The SMILES string of the molecule is CCCNc1nc(-c2ccnn2CC)ncc1Br. The molecule has 0 saturated carbocycles. The van der Waals surface area contributed by atoms with Crippen molar-refractivity contribution in [3.63, 3.8) is 0 Å². The van der Waals surface area contributed by atoms with Crippen LogP contribution >= 0.6 is 15.9 Å². The lowest BCUT2D eigenvalue weighted by molar-refractivity contribution is 0.663. The van der Waals surface area contributed by atoms with Crippen LogP contribution in [0.1, 0.15) is 20.3 Å². The van der Waals surface area contributed by atoms with Crippen LogP contribution in [-0.2, 0) is 6.54 Å². The van der Waals surface area contributed by atoms with Crippen LogP contribution in [0.25, 0.3) is 11.5 Å². The minimum absolute atomic E-state index is 0.691. The molecule has 96 valence electrons. The molecule has 0 aromatic carbocycles. The zero-order chi connectivity index (χ0) is 13.0. The van der Waals surface area contributed by atoms with E-state index < -0.39 is 0 Å². The van der Waals surface area contributed by atoms with Crippen LogP contribution in [0.4, 0.5) is 5.82 Å². The van der Waals surface area contributed by atoms with E-state index in [1.165, 1.54) is 0 Å². The highest BCUT2D eigenvalue weighted by molar-refractivity contribution is 9.10. The van der Waals surface area contributed by atoms with Crippen LogP contribution in [0.2, 0.25) is 0 Å². The number of hydrogen-bond acceptors (Lipinski definition) is 4. The molecule has 0 atom stereocenters. The first-order chi connectivity index (χ1) is 8.76. The van der Waals surface area contributed by atoms with Crippen molar-refractivity contribution in [1.29, 1.82) is 0 Å². The summed E-state index contributed by atoms with van der Waals surface area (Å²) in [5.74, 6) is 1.52. The van der Waals surface area contributed by atoms with Crippen LogP contribution in [0.3, 0.4) is 0 Å². The van der Waals surface area contributed by atoms with E-state index in [0.29, 0.717) is 5.82 Å². The summed E-state index contributed by atoms with van der Waals surface area (Å²) in [7, 11) is 0. The van der Waals surface area contributed by atoms with Gasteiger partial charge in [-0.1, -0.05) is 6.92 Å². The van der Waals surface area contributed by atoms with E-state index in [-0.39, 0.29) is 0 Å². The van der Waals surface area contributed by atoms with Crippen molar-refractivity contribution >= 4 is 21.7 Å². The van der Waals surface area contributed by atoms with Gasteiger partial charge in [0.1, 0.15) is 11.5 Å². The largest absolute Gasteiger partial charge is 0.369 e. The topological polar surface area (TPSA) is 55.6 Å². The molecule has 2 aromatic rings. The van der Waals surface area contributed by atoms with Crippen molar-refractivity contribution in [3.8, 4) is 11.5 Å². The van der Waals surface area contributed by atoms with Crippen LogP contribution in [0.5, 0.6) is 0 Å². The molecule has 6 heteroatoms. The maximum Gasteiger partial charge on any atom is 0.179 e. The first kappa shape index (κ1) is 13.0. The Bertz CT molecular complexity index is 523. The summed E-state index contributed by atoms with van der Waals surface area (Å²) in [4.78, 5) is 8.87. The summed E-state index contributed by atoms with van der Waals surface area (Å²) in [6.07, 6.45) is 4.59. The molecule has 2 heterocycles. The summed E-state index contributed by atoms with van der Waals surface area (Å²) >= 11 is 3.45. The molecule has 0 unspecified atom stereocenters. The third kappa shape index (κ3) is 2.69. The first-order valence-electron chi connectivity index (χ1n) is 6.04. The van der Waals surface area contributed by atoms with E-state index in [1.54, 1.807) is 12.4 Å². The number of halogens is 1. The number of rotatable bonds is 5. The number of nitrogens with one attached hydrogen (secondary N) is 1. The summed E-state index contributed by atoms with van der Waals surface area (Å²) in [5.41, 5.74) is 0.935. The Hall–Kier alpha value is -1.43. The Morgan fingerprint density at radius 2 is 2.22 bits per heavy atom. The molecule has 2 aromatic heterocycles. The van der Waals surface area contributed by atoms with Gasteiger partial charge in [-0.2, -0.15) is 5.10 Å². The zero-order valence-corrected chi connectivity index (χ0v) is 12.1. The van der Waals surface area contributed by atoms with Crippen molar-refractivity contribution < 1.29 is 0 Å². The van der Waals surface area contributed by atoms with Crippen molar-refractivity contribution in [2.45, 2.75) is 26.8 Å². The molecule has 0 saturated heterocycles. The molecule has 0 fully saturated rings. The minimum atomic E-state index is 0.691. The van der Waals surface area contributed by atoms with Gasteiger partial charge < -0.3 is 5.32 Å². The highest BCUT2D eigenvalue weighted by atomic mass is 79.9. The predicted octanol–water partition coefficient (Wildman–Crippen LogP) is 2.94. The highest BCUT2D eigenvalue weighted by Crippen LogP contribution is 2.23. The molecule has 0 bridgehead atoms. The van der Waals surface area contributed by atoms with Gasteiger partial charge in [0.2, 0.25) is 0 Å². The quantitative estimate of drug-likeness (QED) is 0.922. The molecule has 5 nitrogen and oxygen atoms in total. The predicted molar refractivity (Wildman–Crippen MR) is 75.4 cm³/mol. The standard InChI is InChI=1S/C12H16BrN5/c1-3-6-14-11-9(13)8-15-12(17-11)10-5-7-16-18(10)4-2/h5,7-8H,3-4,6H2,1-2H3,(H,14,15,17). The highest BCUT2D eigenvalue weighted by Gasteiger charge is 2.10. The number of aromatic nitrogens is 4.